The molecule has 0 unspecified atom stereocenters. The highest BCUT2D eigenvalue weighted by Crippen LogP contribution is 2.27. The summed E-state index contributed by atoms with van der Waals surface area (Å²) in [5.74, 6) is -0.111. The molecule has 0 atom stereocenters. The zero-order chi connectivity index (χ0) is 18.6. The van der Waals surface area contributed by atoms with Gasteiger partial charge in [-0.2, -0.15) is 5.10 Å². The van der Waals surface area contributed by atoms with Crippen LogP contribution in [-0.4, -0.2) is 32.2 Å². The van der Waals surface area contributed by atoms with Crippen LogP contribution in [-0.2, 0) is 13.0 Å². The fourth-order valence-corrected chi connectivity index (χ4v) is 3.67. The van der Waals surface area contributed by atoms with Gasteiger partial charge in [-0.05, 0) is 42.5 Å². The van der Waals surface area contributed by atoms with Gasteiger partial charge in [-0.3, -0.25) is 9.78 Å². The van der Waals surface area contributed by atoms with Gasteiger partial charge in [0, 0.05) is 25.5 Å². The average Bonchev–Trinajstić information content (AvgIpc) is 3.37. The van der Waals surface area contributed by atoms with Gasteiger partial charge in [0.05, 0.1) is 27.7 Å². The Hall–Kier alpha value is -3.06. The van der Waals surface area contributed by atoms with Crippen molar-refractivity contribution in [1.82, 2.24) is 25.1 Å². The minimum atomic E-state index is -0.111. The van der Waals surface area contributed by atoms with Gasteiger partial charge < -0.3 is 5.32 Å². The van der Waals surface area contributed by atoms with Crippen molar-refractivity contribution in [3.8, 4) is 10.6 Å². The molecule has 0 aliphatic carbocycles. The van der Waals surface area contributed by atoms with Gasteiger partial charge in [-0.25, -0.2) is 9.67 Å². The molecular formula is C20H19N5OS. The van der Waals surface area contributed by atoms with Gasteiger partial charge in [-0.15, -0.1) is 11.3 Å². The first-order chi connectivity index (χ1) is 13.3. The SMILES string of the molecule is CCn1ncc2c(C(=O)NCCc3cccnc3)cc(-c3cccs3)nc21. The Morgan fingerprint density at radius 3 is 2.93 bits per heavy atom. The van der Waals surface area contributed by atoms with E-state index in [0.717, 1.165) is 33.6 Å². The first-order valence-corrected chi connectivity index (χ1v) is 9.71. The van der Waals surface area contributed by atoms with Crippen LogP contribution in [0.4, 0.5) is 0 Å². The van der Waals surface area contributed by atoms with Crippen LogP contribution in [0.2, 0.25) is 0 Å². The molecule has 0 radical (unpaired) electrons. The molecule has 0 saturated heterocycles. The summed E-state index contributed by atoms with van der Waals surface area (Å²) in [4.78, 5) is 22.8. The van der Waals surface area contributed by atoms with Crippen molar-refractivity contribution in [2.24, 2.45) is 0 Å². The van der Waals surface area contributed by atoms with Crippen molar-refractivity contribution in [3.63, 3.8) is 0 Å². The summed E-state index contributed by atoms with van der Waals surface area (Å²) < 4.78 is 1.82. The summed E-state index contributed by atoms with van der Waals surface area (Å²) in [5, 5.41) is 10.2. The van der Waals surface area contributed by atoms with E-state index in [1.54, 1.807) is 23.7 Å². The average molecular weight is 377 g/mol. The van der Waals surface area contributed by atoms with Crippen LogP contribution in [0.25, 0.3) is 21.6 Å². The first kappa shape index (κ1) is 17.4. The van der Waals surface area contributed by atoms with Gasteiger partial charge in [0.2, 0.25) is 0 Å². The zero-order valence-corrected chi connectivity index (χ0v) is 15.7. The lowest BCUT2D eigenvalue weighted by Crippen LogP contribution is -2.26. The predicted molar refractivity (Wildman–Crippen MR) is 107 cm³/mol. The van der Waals surface area contributed by atoms with Gasteiger partial charge in [-0.1, -0.05) is 12.1 Å². The molecule has 136 valence electrons. The van der Waals surface area contributed by atoms with E-state index in [1.165, 1.54) is 0 Å². The number of carbonyl (C=O) groups is 1. The van der Waals surface area contributed by atoms with Crippen LogP contribution in [0.5, 0.6) is 0 Å². The second-order valence-corrected chi connectivity index (χ2v) is 7.04. The van der Waals surface area contributed by atoms with E-state index in [2.05, 4.69) is 15.4 Å². The lowest BCUT2D eigenvalue weighted by Gasteiger charge is -2.09. The fraction of sp³-hybridized carbons (Fsp3) is 0.200. The third kappa shape index (κ3) is 3.59. The molecule has 4 heterocycles. The number of hydrogen-bond donors (Lipinski definition) is 1. The Kier molecular flexibility index (Phi) is 4.93. The van der Waals surface area contributed by atoms with Crippen molar-refractivity contribution in [1.29, 1.82) is 0 Å². The number of carbonyl (C=O) groups excluding carboxylic acids is 1. The molecule has 0 fully saturated rings. The summed E-state index contributed by atoms with van der Waals surface area (Å²) >= 11 is 1.61. The van der Waals surface area contributed by atoms with E-state index >= 15 is 0 Å². The van der Waals surface area contributed by atoms with Crippen LogP contribution < -0.4 is 5.32 Å². The van der Waals surface area contributed by atoms with Gasteiger partial charge >= 0.3 is 0 Å². The van der Waals surface area contributed by atoms with Crippen LogP contribution in [0.3, 0.4) is 0 Å². The quantitative estimate of drug-likeness (QED) is 0.558. The van der Waals surface area contributed by atoms with E-state index in [0.29, 0.717) is 18.7 Å². The van der Waals surface area contributed by atoms with E-state index in [1.807, 2.05) is 53.5 Å². The van der Waals surface area contributed by atoms with Crippen LogP contribution in [0, 0.1) is 0 Å². The van der Waals surface area contributed by atoms with Crippen molar-refractivity contribution >= 4 is 28.3 Å². The van der Waals surface area contributed by atoms with Crippen molar-refractivity contribution in [2.75, 3.05) is 6.54 Å². The lowest BCUT2D eigenvalue weighted by atomic mass is 10.1. The number of pyridine rings is 2. The molecule has 4 aromatic heterocycles. The maximum atomic E-state index is 12.9. The smallest absolute Gasteiger partial charge is 0.252 e. The van der Waals surface area contributed by atoms with E-state index < -0.39 is 0 Å². The van der Waals surface area contributed by atoms with Gasteiger partial charge in [0.25, 0.3) is 5.91 Å². The summed E-state index contributed by atoms with van der Waals surface area (Å²) in [6.07, 6.45) is 6.02. The number of amides is 1. The normalized spacial score (nSPS) is 11.0. The van der Waals surface area contributed by atoms with E-state index in [9.17, 15) is 4.79 Å². The predicted octanol–water partition coefficient (Wildman–Crippen LogP) is 3.55. The molecule has 0 spiro atoms. The monoisotopic (exact) mass is 377 g/mol. The number of nitrogens with zero attached hydrogens (tertiary/aromatic N) is 4. The minimum Gasteiger partial charge on any atom is -0.352 e. The number of aromatic nitrogens is 4. The highest BCUT2D eigenvalue weighted by molar-refractivity contribution is 7.13. The van der Waals surface area contributed by atoms with Crippen LogP contribution >= 0.6 is 11.3 Å². The second kappa shape index (κ2) is 7.67. The first-order valence-electron chi connectivity index (χ1n) is 8.84. The molecule has 27 heavy (non-hydrogen) atoms. The van der Waals surface area contributed by atoms with Crippen LogP contribution in [0.15, 0.2) is 54.3 Å². The summed E-state index contributed by atoms with van der Waals surface area (Å²) in [6.45, 7) is 3.26. The fourth-order valence-electron chi connectivity index (χ4n) is 2.98. The second-order valence-electron chi connectivity index (χ2n) is 6.10. The molecule has 4 aromatic rings. The molecule has 1 N–H and O–H groups in total. The summed E-state index contributed by atoms with van der Waals surface area (Å²) in [5.41, 5.74) is 3.23. The highest BCUT2D eigenvalue weighted by atomic mass is 32.1. The number of thiophene rings is 1. The standard InChI is InChI=1S/C20H19N5OS/c1-2-25-19-16(13-23-25)15(11-17(24-19)18-6-4-10-27-18)20(26)22-9-7-14-5-3-8-21-12-14/h3-6,8,10-13H,2,7,9H2,1H3,(H,22,26). The third-order valence-electron chi connectivity index (χ3n) is 4.35. The Morgan fingerprint density at radius 2 is 2.19 bits per heavy atom. The highest BCUT2D eigenvalue weighted by Gasteiger charge is 2.17. The Labute approximate surface area is 160 Å². The maximum absolute atomic E-state index is 12.9. The van der Waals surface area contributed by atoms with E-state index in [4.69, 9.17) is 4.98 Å². The molecule has 0 aliphatic rings. The topological polar surface area (TPSA) is 72.7 Å². The van der Waals surface area contributed by atoms with Crippen molar-refractivity contribution in [3.05, 3.63) is 65.4 Å². The third-order valence-corrected chi connectivity index (χ3v) is 5.24. The molecule has 6 nitrogen and oxygen atoms in total. The minimum absolute atomic E-state index is 0.111. The maximum Gasteiger partial charge on any atom is 0.252 e. The number of nitrogens with one attached hydrogen (secondary N) is 1. The number of rotatable bonds is 6. The zero-order valence-electron chi connectivity index (χ0n) is 14.9. The molecule has 0 bridgehead atoms. The molecular weight excluding hydrogens is 358 g/mol. The van der Waals surface area contributed by atoms with Crippen molar-refractivity contribution < 1.29 is 4.79 Å². The van der Waals surface area contributed by atoms with Crippen molar-refractivity contribution in [2.45, 2.75) is 19.9 Å². The largest absolute Gasteiger partial charge is 0.352 e. The number of hydrogen-bond acceptors (Lipinski definition) is 5. The molecule has 0 aliphatic heterocycles. The summed E-state index contributed by atoms with van der Waals surface area (Å²) in [6, 6.07) is 9.75. The molecule has 0 saturated carbocycles. The lowest BCUT2D eigenvalue weighted by molar-refractivity contribution is 0.0955. The Bertz CT molecular complexity index is 1060. The molecule has 0 aromatic carbocycles. The summed E-state index contributed by atoms with van der Waals surface area (Å²) in [7, 11) is 0. The molecule has 4 rings (SSSR count). The van der Waals surface area contributed by atoms with Gasteiger partial charge in [0.1, 0.15) is 0 Å². The molecule has 1 amide bonds. The van der Waals surface area contributed by atoms with Gasteiger partial charge in [0.15, 0.2) is 5.65 Å². The number of aryl methyl sites for hydroxylation is 1. The van der Waals surface area contributed by atoms with Crippen LogP contribution in [0.1, 0.15) is 22.8 Å². The molecule has 7 heteroatoms. The number of fused-ring (bicyclic) bond motifs is 1. The van der Waals surface area contributed by atoms with E-state index in [-0.39, 0.29) is 5.91 Å². The Morgan fingerprint density at radius 1 is 1.26 bits per heavy atom. The Balaban J connectivity index is 1.63.